The number of amides is 1. The van der Waals surface area contributed by atoms with Gasteiger partial charge < -0.3 is 10.6 Å². The van der Waals surface area contributed by atoms with E-state index in [0.29, 0.717) is 28.1 Å². The van der Waals surface area contributed by atoms with E-state index in [4.69, 9.17) is 5.73 Å². The van der Waals surface area contributed by atoms with Crippen molar-refractivity contribution in [2.45, 2.75) is 19.9 Å². The maximum atomic E-state index is 13.6. The summed E-state index contributed by atoms with van der Waals surface area (Å²) >= 11 is 0. The van der Waals surface area contributed by atoms with Crippen molar-refractivity contribution in [3.63, 3.8) is 0 Å². The van der Waals surface area contributed by atoms with Crippen molar-refractivity contribution in [2.24, 2.45) is 5.73 Å². The number of aromatic nitrogens is 4. The van der Waals surface area contributed by atoms with Gasteiger partial charge in [-0.3, -0.25) is 18.7 Å². The third-order valence-corrected chi connectivity index (χ3v) is 6.39. The number of imidazole rings is 1. The molecule has 1 amide bonds. The van der Waals surface area contributed by atoms with Crippen LogP contribution in [0, 0.1) is 0 Å². The molecular weight excluding hydrogens is 464 g/mol. The Kier molecular flexibility index (Phi) is 6.66. The summed E-state index contributed by atoms with van der Waals surface area (Å²) in [6.45, 7) is 4.09. The van der Waals surface area contributed by atoms with Gasteiger partial charge in [-0.25, -0.2) is 9.97 Å². The summed E-state index contributed by atoms with van der Waals surface area (Å²) in [5.74, 6) is -0.541. The fourth-order valence-electron chi connectivity index (χ4n) is 4.59. The van der Waals surface area contributed by atoms with Crippen LogP contribution in [0.25, 0.3) is 33.7 Å². The zero-order valence-corrected chi connectivity index (χ0v) is 20.8. The number of carbonyl (C=O) groups is 1. The van der Waals surface area contributed by atoms with Crippen LogP contribution in [0.5, 0.6) is 0 Å². The SMILES string of the molecule is CCCN(C)Cc1ccccc1-c1ccc(-n2cnc3ncn(-c4cccc(C(N)=O)c4)c3c2=O)cc1. The second-order valence-corrected chi connectivity index (χ2v) is 9.06. The highest BCUT2D eigenvalue weighted by Crippen LogP contribution is 2.26. The van der Waals surface area contributed by atoms with Gasteiger partial charge in [-0.2, -0.15) is 0 Å². The smallest absolute Gasteiger partial charge is 0.284 e. The number of hydrogen-bond donors (Lipinski definition) is 1. The Morgan fingerprint density at radius 2 is 1.65 bits per heavy atom. The average molecular weight is 493 g/mol. The molecule has 0 saturated carbocycles. The second kappa shape index (κ2) is 10.2. The lowest BCUT2D eigenvalue weighted by molar-refractivity contribution is 0.1000. The number of nitrogens with zero attached hydrogens (tertiary/aromatic N) is 5. The largest absolute Gasteiger partial charge is 0.366 e. The fourth-order valence-corrected chi connectivity index (χ4v) is 4.59. The Morgan fingerprint density at radius 1 is 0.919 bits per heavy atom. The molecule has 2 heterocycles. The Morgan fingerprint density at radius 3 is 2.38 bits per heavy atom. The van der Waals surface area contributed by atoms with Gasteiger partial charge in [0, 0.05) is 17.8 Å². The minimum Gasteiger partial charge on any atom is -0.366 e. The van der Waals surface area contributed by atoms with Crippen molar-refractivity contribution in [3.05, 3.63) is 107 Å². The van der Waals surface area contributed by atoms with E-state index < -0.39 is 5.91 Å². The molecule has 0 aliphatic heterocycles. The molecule has 2 N–H and O–H groups in total. The third-order valence-electron chi connectivity index (χ3n) is 6.39. The van der Waals surface area contributed by atoms with Gasteiger partial charge in [0.05, 0.1) is 5.69 Å². The predicted molar refractivity (Wildman–Crippen MR) is 145 cm³/mol. The molecule has 37 heavy (non-hydrogen) atoms. The molecule has 0 atom stereocenters. The summed E-state index contributed by atoms with van der Waals surface area (Å²) in [7, 11) is 2.13. The van der Waals surface area contributed by atoms with Crippen LogP contribution >= 0.6 is 0 Å². The molecule has 0 bridgehead atoms. The molecule has 8 nitrogen and oxygen atoms in total. The van der Waals surface area contributed by atoms with Crippen molar-refractivity contribution < 1.29 is 4.79 Å². The third kappa shape index (κ3) is 4.79. The molecule has 0 aliphatic carbocycles. The van der Waals surface area contributed by atoms with E-state index in [9.17, 15) is 9.59 Å². The van der Waals surface area contributed by atoms with Crippen molar-refractivity contribution in [1.82, 2.24) is 24.0 Å². The standard InChI is InChI=1S/C29H28N6O2/c1-3-15-33(2)17-22-7-4-5-10-25(22)20-11-13-23(14-12-20)35-19-32-28-26(29(35)37)34(18-31-28)24-9-6-8-21(16-24)27(30)36/h4-14,16,18-19H,3,15,17H2,1-2H3,(H2,30,36). The van der Waals surface area contributed by atoms with Crippen LogP contribution in [-0.2, 0) is 6.54 Å². The maximum Gasteiger partial charge on any atom is 0.284 e. The summed E-state index contributed by atoms with van der Waals surface area (Å²) < 4.78 is 3.13. The number of rotatable bonds is 8. The normalized spacial score (nSPS) is 11.3. The first-order valence-electron chi connectivity index (χ1n) is 12.2. The van der Waals surface area contributed by atoms with Crippen LogP contribution in [0.4, 0.5) is 0 Å². The summed E-state index contributed by atoms with van der Waals surface area (Å²) in [6, 6.07) is 23.1. The molecule has 0 radical (unpaired) electrons. The molecule has 186 valence electrons. The first-order chi connectivity index (χ1) is 18.0. The Balaban J connectivity index is 1.52. The van der Waals surface area contributed by atoms with E-state index >= 15 is 0 Å². The fraction of sp³-hybridized carbons (Fsp3) is 0.172. The van der Waals surface area contributed by atoms with Gasteiger partial charge in [0.1, 0.15) is 12.7 Å². The van der Waals surface area contributed by atoms with Crippen LogP contribution in [0.15, 0.2) is 90.2 Å². The van der Waals surface area contributed by atoms with E-state index in [0.717, 1.165) is 25.1 Å². The molecule has 3 aromatic carbocycles. The predicted octanol–water partition coefficient (Wildman–Crippen LogP) is 4.18. The zero-order chi connectivity index (χ0) is 25.9. The molecule has 0 aliphatic rings. The average Bonchev–Trinajstić information content (AvgIpc) is 3.35. The van der Waals surface area contributed by atoms with Crippen LogP contribution in [0.3, 0.4) is 0 Å². The number of nitrogens with two attached hydrogens (primary N) is 1. The number of hydrogen-bond acceptors (Lipinski definition) is 5. The highest BCUT2D eigenvalue weighted by Gasteiger charge is 2.15. The summed E-state index contributed by atoms with van der Waals surface area (Å²) in [5.41, 5.74) is 11.0. The highest BCUT2D eigenvalue weighted by atomic mass is 16.1. The van der Waals surface area contributed by atoms with Crippen LogP contribution in [0.1, 0.15) is 29.3 Å². The number of fused-ring (bicyclic) bond motifs is 1. The monoisotopic (exact) mass is 492 g/mol. The van der Waals surface area contributed by atoms with Gasteiger partial charge in [-0.05, 0) is 67.0 Å². The molecule has 0 unspecified atom stereocenters. The van der Waals surface area contributed by atoms with Crippen molar-refractivity contribution in [3.8, 4) is 22.5 Å². The highest BCUT2D eigenvalue weighted by molar-refractivity contribution is 5.93. The lowest BCUT2D eigenvalue weighted by Gasteiger charge is -2.18. The molecule has 0 fully saturated rings. The molecule has 2 aromatic heterocycles. The molecule has 8 heteroatoms. The van der Waals surface area contributed by atoms with E-state index in [1.165, 1.54) is 28.3 Å². The lowest BCUT2D eigenvalue weighted by Crippen LogP contribution is -2.21. The van der Waals surface area contributed by atoms with Crippen molar-refractivity contribution in [2.75, 3.05) is 13.6 Å². The summed E-state index contributed by atoms with van der Waals surface area (Å²) in [4.78, 5) is 36.2. The quantitative estimate of drug-likeness (QED) is 0.350. The Labute approximate surface area is 214 Å². The Hall–Kier alpha value is -4.56. The van der Waals surface area contributed by atoms with Gasteiger partial charge in [0.15, 0.2) is 11.2 Å². The van der Waals surface area contributed by atoms with Gasteiger partial charge in [-0.15, -0.1) is 0 Å². The topological polar surface area (TPSA) is 99.0 Å². The van der Waals surface area contributed by atoms with Crippen LogP contribution < -0.4 is 11.3 Å². The lowest BCUT2D eigenvalue weighted by atomic mass is 9.99. The first-order valence-corrected chi connectivity index (χ1v) is 12.2. The second-order valence-electron chi connectivity index (χ2n) is 9.06. The van der Waals surface area contributed by atoms with Crippen molar-refractivity contribution in [1.29, 1.82) is 0 Å². The van der Waals surface area contributed by atoms with Crippen LogP contribution in [0.2, 0.25) is 0 Å². The number of primary amides is 1. The van der Waals surface area contributed by atoms with Crippen LogP contribution in [-0.4, -0.2) is 43.5 Å². The van der Waals surface area contributed by atoms with Gasteiger partial charge in [0.2, 0.25) is 5.91 Å². The summed E-state index contributed by atoms with van der Waals surface area (Å²) in [5, 5.41) is 0. The minimum atomic E-state index is -0.541. The van der Waals surface area contributed by atoms with Gasteiger partial charge in [-0.1, -0.05) is 49.4 Å². The van der Waals surface area contributed by atoms with Crippen molar-refractivity contribution >= 4 is 17.1 Å². The maximum absolute atomic E-state index is 13.6. The first kappa shape index (κ1) is 24.1. The Bertz CT molecular complexity index is 1630. The molecule has 0 saturated heterocycles. The molecule has 0 spiro atoms. The number of carbonyl (C=O) groups excluding carboxylic acids is 1. The molecular formula is C29H28N6O2. The van der Waals surface area contributed by atoms with E-state index in [1.807, 2.05) is 30.3 Å². The molecule has 5 aromatic rings. The van der Waals surface area contributed by atoms with E-state index in [1.54, 1.807) is 28.8 Å². The van der Waals surface area contributed by atoms with Gasteiger partial charge in [0.25, 0.3) is 5.56 Å². The van der Waals surface area contributed by atoms with E-state index in [-0.39, 0.29) is 5.56 Å². The minimum absolute atomic E-state index is 0.263. The molecule has 5 rings (SSSR count). The number of benzene rings is 3. The van der Waals surface area contributed by atoms with E-state index in [2.05, 4.69) is 47.0 Å². The van der Waals surface area contributed by atoms with Gasteiger partial charge >= 0.3 is 0 Å². The summed E-state index contributed by atoms with van der Waals surface area (Å²) in [6.07, 6.45) is 4.12. The zero-order valence-electron chi connectivity index (χ0n) is 20.8.